The number of hydrogen-bond donors (Lipinski definition) is 2. The van der Waals surface area contributed by atoms with Crippen molar-refractivity contribution in [2.75, 3.05) is 17.2 Å². The fourth-order valence-electron chi connectivity index (χ4n) is 1.67. The third-order valence-corrected chi connectivity index (χ3v) is 3.34. The third kappa shape index (κ3) is 4.55. The first-order valence-electron chi connectivity index (χ1n) is 6.34. The van der Waals surface area contributed by atoms with E-state index < -0.39 is 0 Å². The molecule has 0 aromatic heterocycles. The number of carbonyl (C=O) groups is 1. The highest BCUT2D eigenvalue weighted by Gasteiger charge is 2.05. The van der Waals surface area contributed by atoms with Gasteiger partial charge >= 0.3 is 6.03 Å². The minimum Gasteiger partial charge on any atom is -0.494 e. The van der Waals surface area contributed by atoms with Crippen LogP contribution in [0.2, 0.25) is 10.0 Å². The summed E-state index contributed by atoms with van der Waals surface area (Å²) in [7, 11) is 0. The minimum absolute atomic E-state index is 0.363. The normalized spacial score (nSPS) is 10.0. The number of rotatable bonds is 4. The highest BCUT2D eigenvalue weighted by Crippen LogP contribution is 2.25. The molecule has 0 saturated heterocycles. The van der Waals surface area contributed by atoms with Crippen LogP contribution in [0.25, 0.3) is 0 Å². The van der Waals surface area contributed by atoms with Crippen LogP contribution in [0, 0.1) is 0 Å². The number of carbonyl (C=O) groups excluding carboxylic acids is 1. The lowest BCUT2D eigenvalue weighted by Gasteiger charge is -2.09. The lowest BCUT2D eigenvalue weighted by atomic mass is 10.3. The van der Waals surface area contributed by atoms with E-state index >= 15 is 0 Å². The zero-order valence-electron chi connectivity index (χ0n) is 11.3. The van der Waals surface area contributed by atoms with Gasteiger partial charge in [0.1, 0.15) is 5.75 Å². The monoisotopic (exact) mass is 324 g/mol. The number of halogens is 2. The molecule has 0 fully saturated rings. The quantitative estimate of drug-likeness (QED) is 0.828. The highest BCUT2D eigenvalue weighted by atomic mass is 35.5. The Morgan fingerprint density at radius 3 is 2.24 bits per heavy atom. The van der Waals surface area contributed by atoms with Gasteiger partial charge in [-0.05, 0) is 49.4 Å². The molecule has 2 amide bonds. The molecule has 0 radical (unpaired) electrons. The van der Waals surface area contributed by atoms with Gasteiger partial charge in [0, 0.05) is 11.4 Å². The molecule has 0 unspecified atom stereocenters. The van der Waals surface area contributed by atoms with Crippen LogP contribution in [0.3, 0.4) is 0 Å². The molecular formula is C15H14Cl2N2O2. The molecule has 0 aliphatic carbocycles. The molecule has 2 rings (SSSR count). The Morgan fingerprint density at radius 1 is 1.00 bits per heavy atom. The highest BCUT2D eigenvalue weighted by molar-refractivity contribution is 6.42. The van der Waals surface area contributed by atoms with E-state index in [1.165, 1.54) is 0 Å². The van der Waals surface area contributed by atoms with Crippen LogP contribution in [-0.4, -0.2) is 12.6 Å². The van der Waals surface area contributed by atoms with Gasteiger partial charge in [0.2, 0.25) is 0 Å². The molecule has 0 aliphatic heterocycles. The summed E-state index contributed by atoms with van der Waals surface area (Å²) in [6.07, 6.45) is 0. The topological polar surface area (TPSA) is 50.4 Å². The Morgan fingerprint density at radius 2 is 1.62 bits per heavy atom. The van der Waals surface area contributed by atoms with Crippen LogP contribution >= 0.6 is 23.2 Å². The van der Waals surface area contributed by atoms with Crippen LogP contribution in [0.15, 0.2) is 42.5 Å². The summed E-state index contributed by atoms with van der Waals surface area (Å²) in [6.45, 7) is 2.52. The fourth-order valence-corrected chi connectivity index (χ4v) is 1.97. The van der Waals surface area contributed by atoms with Gasteiger partial charge in [-0.1, -0.05) is 23.2 Å². The van der Waals surface area contributed by atoms with Crippen LogP contribution < -0.4 is 15.4 Å². The maximum absolute atomic E-state index is 11.9. The van der Waals surface area contributed by atoms with Crippen molar-refractivity contribution in [3.05, 3.63) is 52.5 Å². The number of amides is 2. The van der Waals surface area contributed by atoms with E-state index in [4.69, 9.17) is 27.9 Å². The fraction of sp³-hybridized carbons (Fsp3) is 0.133. The third-order valence-electron chi connectivity index (χ3n) is 2.60. The van der Waals surface area contributed by atoms with Crippen molar-refractivity contribution in [3.63, 3.8) is 0 Å². The van der Waals surface area contributed by atoms with Crippen molar-refractivity contribution >= 4 is 40.6 Å². The van der Waals surface area contributed by atoms with E-state index in [1.54, 1.807) is 42.5 Å². The minimum atomic E-state index is -0.363. The smallest absolute Gasteiger partial charge is 0.323 e. The Kier molecular flexibility index (Phi) is 5.31. The number of benzene rings is 2. The molecule has 2 N–H and O–H groups in total. The molecule has 0 bridgehead atoms. The molecule has 21 heavy (non-hydrogen) atoms. The van der Waals surface area contributed by atoms with Crippen molar-refractivity contribution in [3.8, 4) is 5.75 Å². The van der Waals surface area contributed by atoms with E-state index in [0.717, 1.165) is 5.75 Å². The summed E-state index contributed by atoms with van der Waals surface area (Å²) in [6, 6.07) is 11.6. The lowest BCUT2D eigenvalue weighted by molar-refractivity contribution is 0.262. The maximum atomic E-state index is 11.9. The number of nitrogens with one attached hydrogen (secondary N) is 2. The predicted molar refractivity (Wildman–Crippen MR) is 86.7 cm³/mol. The molecule has 2 aromatic carbocycles. The number of ether oxygens (including phenoxy) is 1. The standard InChI is InChI=1S/C15H14Cl2N2O2/c1-2-21-12-6-3-10(4-7-12)18-15(20)19-11-5-8-13(16)14(17)9-11/h3-9H,2H2,1H3,(H2,18,19,20). The largest absolute Gasteiger partial charge is 0.494 e. The maximum Gasteiger partial charge on any atom is 0.323 e. The SMILES string of the molecule is CCOc1ccc(NC(=O)Nc2ccc(Cl)c(Cl)c2)cc1. The Labute approximate surface area is 133 Å². The summed E-state index contributed by atoms with van der Waals surface area (Å²) in [5.74, 6) is 0.757. The molecule has 6 heteroatoms. The second-order valence-corrected chi connectivity index (χ2v) is 4.98. The molecule has 4 nitrogen and oxygen atoms in total. The summed E-state index contributed by atoms with van der Waals surface area (Å²) in [5.41, 5.74) is 1.23. The lowest BCUT2D eigenvalue weighted by Crippen LogP contribution is -2.19. The Balaban J connectivity index is 1.96. The van der Waals surface area contributed by atoms with E-state index in [-0.39, 0.29) is 6.03 Å². The molecule has 0 atom stereocenters. The zero-order valence-corrected chi connectivity index (χ0v) is 12.8. The number of anilines is 2. The van der Waals surface area contributed by atoms with Crippen molar-refractivity contribution in [1.82, 2.24) is 0 Å². The molecular weight excluding hydrogens is 311 g/mol. The predicted octanol–water partition coefficient (Wildman–Crippen LogP) is 5.04. The van der Waals surface area contributed by atoms with Gasteiger partial charge in [0.15, 0.2) is 0 Å². The van der Waals surface area contributed by atoms with E-state index in [2.05, 4.69) is 10.6 Å². The number of hydrogen-bond acceptors (Lipinski definition) is 2. The number of urea groups is 1. The molecule has 0 aliphatic rings. The Hall–Kier alpha value is -1.91. The van der Waals surface area contributed by atoms with Gasteiger partial charge in [0.05, 0.1) is 16.7 Å². The second-order valence-electron chi connectivity index (χ2n) is 4.17. The second kappa shape index (κ2) is 7.20. The van der Waals surface area contributed by atoms with Crippen LogP contribution in [0.5, 0.6) is 5.75 Å². The van der Waals surface area contributed by atoms with Crippen molar-refractivity contribution in [2.24, 2.45) is 0 Å². The molecule has 0 spiro atoms. The van der Waals surface area contributed by atoms with Crippen LogP contribution in [-0.2, 0) is 0 Å². The first-order chi connectivity index (χ1) is 10.1. The first kappa shape index (κ1) is 15.5. The van der Waals surface area contributed by atoms with Gasteiger partial charge in [0.25, 0.3) is 0 Å². The Bertz CT molecular complexity index is 630. The molecule has 0 heterocycles. The van der Waals surface area contributed by atoms with Gasteiger partial charge in [-0.15, -0.1) is 0 Å². The van der Waals surface area contributed by atoms with Gasteiger partial charge in [-0.2, -0.15) is 0 Å². The van der Waals surface area contributed by atoms with E-state index in [0.29, 0.717) is 28.0 Å². The van der Waals surface area contributed by atoms with E-state index in [9.17, 15) is 4.79 Å². The average molecular weight is 325 g/mol. The molecule has 110 valence electrons. The van der Waals surface area contributed by atoms with Crippen LogP contribution in [0.1, 0.15) is 6.92 Å². The van der Waals surface area contributed by atoms with Gasteiger partial charge in [-0.25, -0.2) is 4.79 Å². The summed E-state index contributed by atoms with van der Waals surface area (Å²) in [4.78, 5) is 11.9. The molecule has 0 saturated carbocycles. The first-order valence-corrected chi connectivity index (χ1v) is 7.10. The molecule has 2 aromatic rings. The zero-order chi connectivity index (χ0) is 15.2. The van der Waals surface area contributed by atoms with Crippen LogP contribution in [0.4, 0.5) is 16.2 Å². The van der Waals surface area contributed by atoms with Crippen molar-refractivity contribution in [2.45, 2.75) is 6.92 Å². The van der Waals surface area contributed by atoms with Crippen molar-refractivity contribution in [1.29, 1.82) is 0 Å². The summed E-state index contributed by atoms with van der Waals surface area (Å²) < 4.78 is 5.33. The summed E-state index contributed by atoms with van der Waals surface area (Å²) in [5, 5.41) is 6.21. The van der Waals surface area contributed by atoms with E-state index in [1.807, 2.05) is 6.92 Å². The summed E-state index contributed by atoms with van der Waals surface area (Å²) >= 11 is 11.7. The average Bonchev–Trinajstić information content (AvgIpc) is 2.45. The van der Waals surface area contributed by atoms with Gasteiger partial charge < -0.3 is 15.4 Å². The van der Waals surface area contributed by atoms with Gasteiger partial charge in [-0.3, -0.25) is 0 Å². The van der Waals surface area contributed by atoms with Crippen molar-refractivity contribution < 1.29 is 9.53 Å².